The van der Waals surface area contributed by atoms with Crippen LogP contribution in [0.25, 0.3) is 11.0 Å². The van der Waals surface area contributed by atoms with E-state index in [1.54, 1.807) is 16.9 Å². The molecule has 1 atom stereocenters. The normalized spacial score (nSPS) is 15.5. The Balaban J connectivity index is 1.46. The number of benzene rings is 3. The highest BCUT2D eigenvalue weighted by atomic mass is 16.5. The Kier molecular flexibility index (Phi) is 6.23. The smallest absolute Gasteiger partial charge is 0.246 e. The van der Waals surface area contributed by atoms with Crippen molar-refractivity contribution in [2.45, 2.75) is 25.8 Å². The number of ether oxygens (including phenoxy) is 1. The molecular formula is C28H28N4O3. The second kappa shape index (κ2) is 9.62. The minimum Gasteiger partial charge on any atom is -0.497 e. The summed E-state index contributed by atoms with van der Waals surface area (Å²) in [6.07, 6.45) is 0.347. The maximum atomic E-state index is 13.5. The highest BCUT2D eigenvalue weighted by molar-refractivity contribution is 5.97. The highest BCUT2D eigenvalue weighted by Crippen LogP contribution is 2.34. The van der Waals surface area contributed by atoms with Gasteiger partial charge in [0, 0.05) is 36.8 Å². The van der Waals surface area contributed by atoms with Crippen LogP contribution in [0.15, 0.2) is 78.9 Å². The molecule has 1 aromatic heterocycles. The van der Waals surface area contributed by atoms with E-state index in [1.165, 1.54) is 0 Å². The van der Waals surface area contributed by atoms with Crippen molar-refractivity contribution in [3.8, 4) is 5.75 Å². The summed E-state index contributed by atoms with van der Waals surface area (Å²) in [5.41, 5.74) is 3.43. The largest absolute Gasteiger partial charge is 0.497 e. The maximum Gasteiger partial charge on any atom is 0.246 e. The summed E-state index contributed by atoms with van der Waals surface area (Å²) in [5, 5.41) is 0. The van der Waals surface area contributed by atoms with E-state index in [0.29, 0.717) is 19.5 Å². The molecule has 2 amide bonds. The lowest BCUT2D eigenvalue weighted by molar-refractivity contribution is -0.119. The van der Waals surface area contributed by atoms with Gasteiger partial charge in [0.05, 0.1) is 18.1 Å². The zero-order chi connectivity index (χ0) is 24.4. The van der Waals surface area contributed by atoms with Gasteiger partial charge in [0.2, 0.25) is 11.8 Å². The fraction of sp³-hybridized carbons (Fsp3) is 0.250. The number of fused-ring (bicyclic) bond motifs is 1. The molecule has 0 bridgehead atoms. The summed E-state index contributed by atoms with van der Waals surface area (Å²) in [6, 6.07) is 25.0. The number of para-hydroxylation sites is 3. The van der Waals surface area contributed by atoms with Gasteiger partial charge in [-0.2, -0.15) is 0 Å². The molecule has 0 spiro atoms. The third kappa shape index (κ3) is 4.37. The molecule has 7 nitrogen and oxygen atoms in total. The van der Waals surface area contributed by atoms with Crippen molar-refractivity contribution < 1.29 is 14.3 Å². The van der Waals surface area contributed by atoms with Crippen LogP contribution in [0.4, 0.5) is 11.4 Å². The van der Waals surface area contributed by atoms with Crippen molar-refractivity contribution in [3.05, 3.63) is 84.7 Å². The molecule has 1 unspecified atom stereocenters. The lowest BCUT2D eigenvalue weighted by Gasteiger charge is -2.23. The molecule has 2 heterocycles. The van der Waals surface area contributed by atoms with Crippen LogP contribution in [0.3, 0.4) is 0 Å². The SMILES string of the molecule is CCN(C(=O)Cn1c(C2CC(=O)N(c3ccc(OC)cc3)C2)nc2ccccc21)c1ccccc1. The first-order valence-corrected chi connectivity index (χ1v) is 11.8. The van der Waals surface area contributed by atoms with E-state index in [0.717, 1.165) is 34.0 Å². The quantitative estimate of drug-likeness (QED) is 0.397. The molecule has 0 aliphatic carbocycles. The molecule has 0 N–H and O–H groups in total. The zero-order valence-electron chi connectivity index (χ0n) is 19.9. The minimum atomic E-state index is -0.114. The Bertz CT molecular complexity index is 1350. The van der Waals surface area contributed by atoms with Crippen molar-refractivity contribution in [1.29, 1.82) is 0 Å². The molecule has 0 radical (unpaired) electrons. The van der Waals surface area contributed by atoms with Crippen LogP contribution >= 0.6 is 0 Å². The fourth-order valence-corrected chi connectivity index (χ4v) is 4.80. The van der Waals surface area contributed by atoms with Crippen LogP contribution in [0.5, 0.6) is 5.75 Å². The summed E-state index contributed by atoms with van der Waals surface area (Å²) in [6.45, 7) is 3.21. The van der Waals surface area contributed by atoms with Gasteiger partial charge in [-0.1, -0.05) is 30.3 Å². The number of hydrogen-bond acceptors (Lipinski definition) is 4. The van der Waals surface area contributed by atoms with Crippen LogP contribution in [-0.2, 0) is 16.1 Å². The minimum absolute atomic E-state index is 0.0144. The van der Waals surface area contributed by atoms with Gasteiger partial charge < -0.3 is 19.1 Å². The molecule has 4 aromatic rings. The number of imidazole rings is 1. The number of carbonyl (C=O) groups excluding carboxylic acids is 2. The van der Waals surface area contributed by atoms with Crippen molar-refractivity contribution in [1.82, 2.24) is 9.55 Å². The zero-order valence-corrected chi connectivity index (χ0v) is 19.9. The molecule has 1 aliphatic heterocycles. The first-order chi connectivity index (χ1) is 17.1. The molecule has 178 valence electrons. The second-order valence-corrected chi connectivity index (χ2v) is 8.62. The van der Waals surface area contributed by atoms with E-state index in [1.807, 2.05) is 90.4 Å². The van der Waals surface area contributed by atoms with Crippen LogP contribution in [0, 0.1) is 0 Å². The topological polar surface area (TPSA) is 67.7 Å². The standard InChI is InChI=1S/C28H28N4O3/c1-3-30(21-9-5-4-6-10-21)27(34)19-32-25-12-8-7-11-24(25)29-28(32)20-17-26(33)31(18-20)22-13-15-23(35-2)16-14-22/h4-16,20H,3,17-19H2,1-2H3. The summed E-state index contributed by atoms with van der Waals surface area (Å²) >= 11 is 0. The number of nitrogens with zero attached hydrogens (tertiary/aromatic N) is 4. The Hall–Kier alpha value is -4.13. The molecule has 1 aliphatic rings. The van der Waals surface area contributed by atoms with Crippen LogP contribution in [-0.4, -0.2) is 41.6 Å². The number of likely N-dealkylation sites (N-methyl/N-ethyl adjacent to an activating group) is 1. The van der Waals surface area contributed by atoms with Gasteiger partial charge in [0.25, 0.3) is 0 Å². The van der Waals surface area contributed by atoms with Crippen molar-refractivity contribution in [2.75, 3.05) is 30.0 Å². The maximum absolute atomic E-state index is 13.5. The molecular weight excluding hydrogens is 440 g/mol. The predicted octanol–water partition coefficient (Wildman–Crippen LogP) is 4.62. The van der Waals surface area contributed by atoms with E-state index in [-0.39, 0.29) is 24.3 Å². The van der Waals surface area contributed by atoms with Gasteiger partial charge in [-0.05, 0) is 55.5 Å². The van der Waals surface area contributed by atoms with E-state index < -0.39 is 0 Å². The average Bonchev–Trinajstić information content (AvgIpc) is 3.45. The van der Waals surface area contributed by atoms with Gasteiger partial charge in [-0.3, -0.25) is 9.59 Å². The summed E-state index contributed by atoms with van der Waals surface area (Å²) in [4.78, 5) is 34.9. The lowest BCUT2D eigenvalue weighted by Crippen LogP contribution is -2.34. The number of hydrogen-bond donors (Lipinski definition) is 0. The van der Waals surface area contributed by atoms with Gasteiger partial charge in [-0.15, -0.1) is 0 Å². The van der Waals surface area contributed by atoms with Crippen molar-refractivity contribution in [2.24, 2.45) is 0 Å². The van der Waals surface area contributed by atoms with E-state index >= 15 is 0 Å². The van der Waals surface area contributed by atoms with Gasteiger partial charge in [0.15, 0.2) is 0 Å². The molecule has 35 heavy (non-hydrogen) atoms. The number of carbonyl (C=O) groups is 2. The Morgan fingerprint density at radius 1 is 1.03 bits per heavy atom. The van der Waals surface area contributed by atoms with Crippen LogP contribution in [0.2, 0.25) is 0 Å². The number of amides is 2. The van der Waals surface area contributed by atoms with Crippen molar-refractivity contribution in [3.63, 3.8) is 0 Å². The van der Waals surface area contributed by atoms with Gasteiger partial charge >= 0.3 is 0 Å². The Morgan fingerprint density at radius 3 is 2.46 bits per heavy atom. The van der Waals surface area contributed by atoms with E-state index in [4.69, 9.17) is 9.72 Å². The average molecular weight is 469 g/mol. The Morgan fingerprint density at radius 2 is 1.74 bits per heavy atom. The summed E-state index contributed by atoms with van der Waals surface area (Å²) in [5.74, 6) is 1.43. The number of anilines is 2. The predicted molar refractivity (Wildman–Crippen MR) is 137 cm³/mol. The molecule has 1 saturated heterocycles. The van der Waals surface area contributed by atoms with E-state index in [9.17, 15) is 9.59 Å². The molecule has 3 aromatic carbocycles. The molecule has 7 heteroatoms. The van der Waals surface area contributed by atoms with Crippen LogP contribution < -0.4 is 14.5 Å². The third-order valence-electron chi connectivity index (χ3n) is 6.54. The first-order valence-electron chi connectivity index (χ1n) is 11.8. The molecule has 1 fully saturated rings. The number of aromatic nitrogens is 2. The van der Waals surface area contributed by atoms with Gasteiger partial charge in [0.1, 0.15) is 18.1 Å². The summed E-state index contributed by atoms with van der Waals surface area (Å²) in [7, 11) is 1.62. The third-order valence-corrected chi connectivity index (χ3v) is 6.54. The fourth-order valence-electron chi connectivity index (χ4n) is 4.80. The first kappa shape index (κ1) is 22.7. The molecule has 5 rings (SSSR count). The molecule has 0 saturated carbocycles. The number of methoxy groups -OCH3 is 1. The number of rotatable bonds is 7. The Labute approximate surface area is 204 Å². The summed E-state index contributed by atoms with van der Waals surface area (Å²) < 4.78 is 7.23. The monoisotopic (exact) mass is 468 g/mol. The lowest BCUT2D eigenvalue weighted by atomic mass is 10.1. The second-order valence-electron chi connectivity index (χ2n) is 8.62. The van der Waals surface area contributed by atoms with Crippen molar-refractivity contribution >= 4 is 34.2 Å². The highest BCUT2D eigenvalue weighted by Gasteiger charge is 2.35. The van der Waals surface area contributed by atoms with Gasteiger partial charge in [-0.25, -0.2) is 4.98 Å². The van der Waals surface area contributed by atoms with Crippen LogP contribution in [0.1, 0.15) is 25.1 Å². The van der Waals surface area contributed by atoms with E-state index in [2.05, 4.69) is 0 Å².